The molecule has 116 valence electrons. The van der Waals surface area contributed by atoms with Crippen LogP contribution in [0.2, 0.25) is 5.02 Å². The van der Waals surface area contributed by atoms with Crippen molar-refractivity contribution in [3.8, 4) is 0 Å². The standard InChI is InChI=1S/C16H22ClNO3/c1-11(10-12-6-4-5-7-13(12)17)15(21)18-16(2,3)9-8-14(19)20/h4-7,11H,8-10H2,1-3H3,(H,18,21)(H,19,20). The van der Waals surface area contributed by atoms with Gasteiger partial charge in [-0.3, -0.25) is 9.59 Å². The van der Waals surface area contributed by atoms with Gasteiger partial charge >= 0.3 is 5.97 Å². The average molecular weight is 312 g/mol. The summed E-state index contributed by atoms with van der Waals surface area (Å²) in [4.78, 5) is 22.8. The molecule has 0 radical (unpaired) electrons. The number of carboxylic acid groups (broad SMARTS) is 1. The molecule has 0 bridgehead atoms. The Labute approximate surface area is 130 Å². The molecule has 5 heteroatoms. The van der Waals surface area contributed by atoms with E-state index >= 15 is 0 Å². The minimum Gasteiger partial charge on any atom is -0.481 e. The molecule has 0 saturated carbocycles. The van der Waals surface area contributed by atoms with Crippen molar-refractivity contribution in [2.24, 2.45) is 5.92 Å². The number of hydrogen-bond donors (Lipinski definition) is 2. The minimum atomic E-state index is -0.860. The second kappa shape index (κ2) is 7.46. The van der Waals surface area contributed by atoms with Crippen molar-refractivity contribution in [3.63, 3.8) is 0 Å². The molecule has 1 atom stereocenters. The van der Waals surface area contributed by atoms with Crippen LogP contribution in [0.15, 0.2) is 24.3 Å². The molecule has 4 nitrogen and oxygen atoms in total. The number of hydrogen-bond acceptors (Lipinski definition) is 2. The van der Waals surface area contributed by atoms with Crippen LogP contribution in [0.1, 0.15) is 39.2 Å². The fourth-order valence-corrected chi connectivity index (χ4v) is 2.24. The lowest BCUT2D eigenvalue weighted by atomic mass is 9.95. The maximum Gasteiger partial charge on any atom is 0.303 e. The number of carboxylic acids is 1. The summed E-state index contributed by atoms with van der Waals surface area (Å²) < 4.78 is 0. The van der Waals surface area contributed by atoms with Gasteiger partial charge in [0.15, 0.2) is 0 Å². The predicted molar refractivity (Wildman–Crippen MR) is 83.4 cm³/mol. The van der Waals surface area contributed by atoms with Crippen molar-refractivity contribution in [2.75, 3.05) is 0 Å². The maximum atomic E-state index is 12.2. The van der Waals surface area contributed by atoms with Crippen molar-refractivity contribution in [1.82, 2.24) is 5.32 Å². The fourth-order valence-electron chi connectivity index (χ4n) is 2.03. The Morgan fingerprint density at radius 1 is 1.33 bits per heavy atom. The second-order valence-electron chi connectivity index (χ2n) is 5.96. The van der Waals surface area contributed by atoms with E-state index in [1.165, 1.54) is 0 Å². The minimum absolute atomic E-state index is 0.0339. The van der Waals surface area contributed by atoms with E-state index in [9.17, 15) is 9.59 Å². The first kappa shape index (κ1) is 17.5. The highest BCUT2D eigenvalue weighted by Gasteiger charge is 2.24. The molecule has 0 aliphatic carbocycles. The molecule has 0 aliphatic rings. The van der Waals surface area contributed by atoms with Gasteiger partial charge in [-0.1, -0.05) is 36.7 Å². The van der Waals surface area contributed by atoms with Gasteiger partial charge in [0.2, 0.25) is 5.91 Å². The lowest BCUT2D eigenvalue weighted by Gasteiger charge is -2.27. The van der Waals surface area contributed by atoms with Gasteiger partial charge in [0.05, 0.1) is 0 Å². The van der Waals surface area contributed by atoms with Crippen LogP contribution in [-0.4, -0.2) is 22.5 Å². The van der Waals surface area contributed by atoms with E-state index in [1.54, 1.807) is 6.07 Å². The number of halogens is 1. The van der Waals surface area contributed by atoms with Crippen molar-refractivity contribution in [3.05, 3.63) is 34.9 Å². The van der Waals surface area contributed by atoms with E-state index in [-0.39, 0.29) is 18.2 Å². The number of benzene rings is 1. The molecular formula is C16H22ClNO3. The normalized spacial score (nSPS) is 12.8. The molecule has 0 spiro atoms. The van der Waals surface area contributed by atoms with Crippen LogP contribution in [0.4, 0.5) is 0 Å². The van der Waals surface area contributed by atoms with Crippen molar-refractivity contribution in [2.45, 2.75) is 45.6 Å². The molecule has 0 saturated heterocycles. The number of carbonyl (C=O) groups is 2. The molecule has 0 fully saturated rings. The highest BCUT2D eigenvalue weighted by atomic mass is 35.5. The molecule has 1 aromatic rings. The summed E-state index contributed by atoms with van der Waals surface area (Å²) in [6.45, 7) is 5.50. The van der Waals surface area contributed by atoms with Crippen LogP contribution in [0.5, 0.6) is 0 Å². The first-order chi connectivity index (χ1) is 9.71. The molecule has 2 N–H and O–H groups in total. The molecule has 0 aliphatic heterocycles. The van der Waals surface area contributed by atoms with Crippen LogP contribution in [-0.2, 0) is 16.0 Å². The van der Waals surface area contributed by atoms with E-state index in [0.717, 1.165) is 5.56 Å². The third-order valence-electron chi connectivity index (χ3n) is 3.36. The quantitative estimate of drug-likeness (QED) is 0.812. The average Bonchev–Trinajstić information content (AvgIpc) is 2.38. The van der Waals surface area contributed by atoms with Crippen LogP contribution in [0.3, 0.4) is 0 Å². The van der Waals surface area contributed by atoms with Gasteiger partial charge in [0, 0.05) is 22.9 Å². The summed E-state index contributed by atoms with van der Waals surface area (Å²) in [6.07, 6.45) is 0.986. The van der Waals surface area contributed by atoms with E-state index in [0.29, 0.717) is 17.9 Å². The lowest BCUT2D eigenvalue weighted by molar-refractivity contribution is -0.138. The first-order valence-electron chi connectivity index (χ1n) is 6.98. The third-order valence-corrected chi connectivity index (χ3v) is 3.73. The summed E-state index contributed by atoms with van der Waals surface area (Å²) in [7, 11) is 0. The Hall–Kier alpha value is -1.55. The Balaban J connectivity index is 2.58. The van der Waals surface area contributed by atoms with Crippen molar-refractivity contribution >= 4 is 23.5 Å². The molecular weight excluding hydrogens is 290 g/mol. The van der Waals surface area contributed by atoms with E-state index in [4.69, 9.17) is 16.7 Å². The molecule has 1 rings (SSSR count). The smallest absolute Gasteiger partial charge is 0.303 e. The van der Waals surface area contributed by atoms with Gasteiger partial charge in [-0.25, -0.2) is 0 Å². The van der Waals surface area contributed by atoms with E-state index in [2.05, 4.69) is 5.32 Å². The molecule has 1 aromatic carbocycles. The van der Waals surface area contributed by atoms with Gasteiger partial charge in [0.25, 0.3) is 0 Å². The highest BCUT2D eigenvalue weighted by Crippen LogP contribution is 2.20. The first-order valence-corrected chi connectivity index (χ1v) is 7.36. The molecule has 0 heterocycles. The Morgan fingerprint density at radius 2 is 1.95 bits per heavy atom. The number of carbonyl (C=O) groups excluding carboxylic acids is 1. The number of rotatable bonds is 7. The number of aliphatic carboxylic acids is 1. The van der Waals surface area contributed by atoms with Crippen LogP contribution >= 0.6 is 11.6 Å². The zero-order chi connectivity index (χ0) is 16.0. The lowest BCUT2D eigenvalue weighted by Crippen LogP contribution is -2.46. The van der Waals surface area contributed by atoms with Gasteiger partial charge in [0.1, 0.15) is 0 Å². The van der Waals surface area contributed by atoms with E-state index in [1.807, 2.05) is 39.0 Å². The summed E-state index contributed by atoms with van der Waals surface area (Å²) in [5.74, 6) is -1.18. The summed E-state index contributed by atoms with van der Waals surface area (Å²) >= 11 is 6.09. The molecule has 1 amide bonds. The molecule has 21 heavy (non-hydrogen) atoms. The van der Waals surface area contributed by atoms with Gasteiger partial charge < -0.3 is 10.4 Å². The molecule has 0 aromatic heterocycles. The Bertz CT molecular complexity index is 514. The van der Waals surface area contributed by atoms with Crippen molar-refractivity contribution in [1.29, 1.82) is 0 Å². The largest absolute Gasteiger partial charge is 0.481 e. The third kappa shape index (κ3) is 6.17. The van der Waals surface area contributed by atoms with Crippen LogP contribution in [0, 0.1) is 5.92 Å². The van der Waals surface area contributed by atoms with Crippen LogP contribution in [0.25, 0.3) is 0 Å². The van der Waals surface area contributed by atoms with Crippen LogP contribution < -0.4 is 5.32 Å². The Morgan fingerprint density at radius 3 is 2.52 bits per heavy atom. The fraction of sp³-hybridized carbons (Fsp3) is 0.500. The zero-order valence-electron chi connectivity index (χ0n) is 12.6. The van der Waals surface area contributed by atoms with Crippen molar-refractivity contribution < 1.29 is 14.7 Å². The highest BCUT2D eigenvalue weighted by molar-refractivity contribution is 6.31. The SMILES string of the molecule is CC(Cc1ccccc1Cl)C(=O)NC(C)(C)CCC(=O)O. The monoisotopic (exact) mass is 311 g/mol. The molecule has 1 unspecified atom stereocenters. The van der Waals surface area contributed by atoms with E-state index < -0.39 is 11.5 Å². The summed E-state index contributed by atoms with van der Waals surface area (Å²) in [6, 6.07) is 7.45. The Kier molecular flexibility index (Phi) is 6.21. The second-order valence-corrected chi connectivity index (χ2v) is 6.37. The predicted octanol–water partition coefficient (Wildman–Crippen LogP) is 3.28. The summed E-state index contributed by atoms with van der Waals surface area (Å²) in [5.41, 5.74) is 0.398. The number of nitrogens with one attached hydrogen (secondary N) is 1. The number of amides is 1. The maximum absolute atomic E-state index is 12.2. The van der Waals surface area contributed by atoms with Gasteiger partial charge in [-0.05, 0) is 38.3 Å². The van der Waals surface area contributed by atoms with Gasteiger partial charge in [-0.15, -0.1) is 0 Å². The summed E-state index contributed by atoms with van der Waals surface area (Å²) in [5, 5.41) is 12.3. The topological polar surface area (TPSA) is 66.4 Å². The zero-order valence-corrected chi connectivity index (χ0v) is 13.4. The van der Waals surface area contributed by atoms with Gasteiger partial charge in [-0.2, -0.15) is 0 Å².